The first-order chi connectivity index (χ1) is 5.49. The lowest BCUT2D eigenvalue weighted by atomic mass is 9.98. The van der Waals surface area contributed by atoms with E-state index in [1.54, 1.807) is 0 Å². The summed E-state index contributed by atoms with van der Waals surface area (Å²) in [6.45, 7) is 1.93. The molecule has 3 nitrogen and oxygen atoms in total. The Bertz CT molecular complexity index is 233. The van der Waals surface area contributed by atoms with Gasteiger partial charge < -0.3 is 5.73 Å². The van der Waals surface area contributed by atoms with Crippen molar-refractivity contribution in [3.8, 4) is 0 Å². The van der Waals surface area contributed by atoms with Crippen LogP contribution in [0.4, 0.5) is 0 Å². The molecule has 0 saturated carbocycles. The highest BCUT2D eigenvalue weighted by Gasteiger charge is 2.24. The van der Waals surface area contributed by atoms with Gasteiger partial charge in [-0.2, -0.15) is 0 Å². The van der Waals surface area contributed by atoms with E-state index in [0.717, 1.165) is 19.3 Å². The molecular formula is C8H17NO2S. The van der Waals surface area contributed by atoms with Gasteiger partial charge >= 0.3 is 0 Å². The molecule has 1 rings (SSSR count). The Morgan fingerprint density at radius 3 is 2.75 bits per heavy atom. The van der Waals surface area contributed by atoms with Gasteiger partial charge in [0.1, 0.15) is 0 Å². The highest BCUT2D eigenvalue weighted by molar-refractivity contribution is 7.91. The molecule has 1 aliphatic heterocycles. The summed E-state index contributed by atoms with van der Waals surface area (Å²) in [6.07, 6.45) is 2.69. The van der Waals surface area contributed by atoms with E-state index in [1.165, 1.54) is 0 Å². The Morgan fingerprint density at radius 1 is 1.58 bits per heavy atom. The highest BCUT2D eigenvalue weighted by Crippen LogP contribution is 2.21. The van der Waals surface area contributed by atoms with E-state index in [-0.39, 0.29) is 6.04 Å². The van der Waals surface area contributed by atoms with Crippen molar-refractivity contribution in [1.29, 1.82) is 0 Å². The Labute approximate surface area is 74.3 Å². The number of nitrogens with two attached hydrogens (primary N) is 1. The summed E-state index contributed by atoms with van der Waals surface area (Å²) in [5, 5.41) is 0. The number of hydrogen-bond acceptors (Lipinski definition) is 3. The molecule has 2 unspecified atom stereocenters. The van der Waals surface area contributed by atoms with Crippen molar-refractivity contribution in [1.82, 2.24) is 0 Å². The number of sulfone groups is 1. The molecule has 0 radical (unpaired) electrons. The molecule has 0 aliphatic carbocycles. The first kappa shape index (κ1) is 9.99. The Kier molecular flexibility index (Phi) is 3.12. The van der Waals surface area contributed by atoms with Gasteiger partial charge in [-0.1, -0.05) is 0 Å². The van der Waals surface area contributed by atoms with Crippen LogP contribution in [0, 0.1) is 5.92 Å². The quantitative estimate of drug-likeness (QED) is 0.693. The van der Waals surface area contributed by atoms with Gasteiger partial charge in [0.05, 0.1) is 11.5 Å². The molecule has 0 aromatic heterocycles. The molecule has 0 aromatic rings. The van der Waals surface area contributed by atoms with E-state index in [9.17, 15) is 8.42 Å². The maximum absolute atomic E-state index is 11.2. The van der Waals surface area contributed by atoms with E-state index in [1.807, 2.05) is 6.92 Å². The molecule has 1 saturated heterocycles. The van der Waals surface area contributed by atoms with Gasteiger partial charge in [-0.15, -0.1) is 0 Å². The highest BCUT2D eigenvalue weighted by atomic mass is 32.2. The van der Waals surface area contributed by atoms with Crippen LogP contribution in [0.1, 0.15) is 26.2 Å². The molecule has 0 bridgehead atoms. The molecule has 72 valence electrons. The lowest BCUT2D eigenvalue weighted by Crippen LogP contribution is -2.29. The molecule has 2 atom stereocenters. The van der Waals surface area contributed by atoms with Gasteiger partial charge in [0.15, 0.2) is 9.84 Å². The van der Waals surface area contributed by atoms with Crippen molar-refractivity contribution in [2.45, 2.75) is 32.2 Å². The SMILES string of the molecule is CC(N)CC1CCCS(=O)(=O)C1. The van der Waals surface area contributed by atoms with Crippen molar-refractivity contribution < 1.29 is 8.42 Å². The summed E-state index contributed by atoms with van der Waals surface area (Å²) >= 11 is 0. The summed E-state index contributed by atoms with van der Waals surface area (Å²) in [5.74, 6) is 1.04. The van der Waals surface area contributed by atoms with Crippen LogP contribution in [-0.4, -0.2) is 26.0 Å². The van der Waals surface area contributed by atoms with Crippen LogP contribution < -0.4 is 5.73 Å². The number of rotatable bonds is 2. The third kappa shape index (κ3) is 3.11. The predicted molar refractivity (Wildman–Crippen MR) is 49.6 cm³/mol. The predicted octanol–water partition coefficient (Wildman–Crippen LogP) is 0.548. The molecule has 4 heteroatoms. The summed E-state index contributed by atoms with van der Waals surface area (Å²) < 4.78 is 22.4. The van der Waals surface area contributed by atoms with E-state index in [0.29, 0.717) is 17.4 Å². The summed E-state index contributed by atoms with van der Waals surface area (Å²) in [4.78, 5) is 0. The van der Waals surface area contributed by atoms with E-state index in [4.69, 9.17) is 5.73 Å². The molecule has 1 heterocycles. The first-order valence-corrected chi connectivity index (χ1v) is 6.28. The van der Waals surface area contributed by atoms with Crippen LogP contribution in [0.5, 0.6) is 0 Å². The minimum Gasteiger partial charge on any atom is -0.328 e. The average molecular weight is 191 g/mol. The average Bonchev–Trinajstić information content (AvgIpc) is 1.82. The monoisotopic (exact) mass is 191 g/mol. The van der Waals surface area contributed by atoms with Gasteiger partial charge in [0.2, 0.25) is 0 Å². The summed E-state index contributed by atoms with van der Waals surface area (Å²) in [5.41, 5.74) is 5.62. The van der Waals surface area contributed by atoms with Gasteiger partial charge in [-0.3, -0.25) is 0 Å². The summed E-state index contributed by atoms with van der Waals surface area (Å²) in [7, 11) is -2.73. The molecule has 1 fully saturated rings. The van der Waals surface area contributed by atoms with Crippen molar-refractivity contribution in [2.24, 2.45) is 11.7 Å². The second-order valence-electron chi connectivity index (χ2n) is 3.84. The maximum Gasteiger partial charge on any atom is 0.150 e. The fourth-order valence-electron chi connectivity index (χ4n) is 1.83. The van der Waals surface area contributed by atoms with E-state index in [2.05, 4.69) is 0 Å². The van der Waals surface area contributed by atoms with Crippen LogP contribution in [-0.2, 0) is 9.84 Å². The third-order valence-electron chi connectivity index (χ3n) is 2.26. The molecule has 2 N–H and O–H groups in total. The van der Waals surface area contributed by atoms with E-state index < -0.39 is 9.84 Å². The van der Waals surface area contributed by atoms with Crippen LogP contribution >= 0.6 is 0 Å². The van der Waals surface area contributed by atoms with Crippen LogP contribution in [0.2, 0.25) is 0 Å². The topological polar surface area (TPSA) is 60.2 Å². The number of hydrogen-bond donors (Lipinski definition) is 1. The van der Waals surface area contributed by atoms with Gasteiger partial charge in [-0.05, 0) is 32.1 Å². The zero-order valence-corrected chi connectivity index (χ0v) is 8.31. The second kappa shape index (κ2) is 3.75. The first-order valence-electron chi connectivity index (χ1n) is 4.45. The Hall–Kier alpha value is -0.0900. The summed E-state index contributed by atoms with van der Waals surface area (Å²) in [6, 6.07) is 0.128. The smallest absolute Gasteiger partial charge is 0.150 e. The van der Waals surface area contributed by atoms with Crippen LogP contribution in [0.25, 0.3) is 0 Å². The molecule has 0 spiro atoms. The van der Waals surface area contributed by atoms with E-state index >= 15 is 0 Å². The van der Waals surface area contributed by atoms with Crippen LogP contribution in [0.15, 0.2) is 0 Å². The Morgan fingerprint density at radius 2 is 2.25 bits per heavy atom. The van der Waals surface area contributed by atoms with Crippen molar-refractivity contribution in [3.05, 3.63) is 0 Å². The fraction of sp³-hybridized carbons (Fsp3) is 1.00. The fourth-order valence-corrected chi connectivity index (χ4v) is 3.62. The molecular weight excluding hydrogens is 174 g/mol. The van der Waals surface area contributed by atoms with Crippen molar-refractivity contribution in [3.63, 3.8) is 0 Å². The largest absolute Gasteiger partial charge is 0.328 e. The zero-order valence-electron chi connectivity index (χ0n) is 7.49. The minimum absolute atomic E-state index is 0.128. The third-order valence-corrected chi connectivity index (χ3v) is 4.15. The van der Waals surface area contributed by atoms with Gasteiger partial charge in [-0.25, -0.2) is 8.42 Å². The zero-order chi connectivity index (χ0) is 9.19. The molecule has 0 aromatic carbocycles. The maximum atomic E-state index is 11.2. The molecule has 1 aliphatic rings. The minimum atomic E-state index is -2.73. The normalized spacial score (nSPS) is 31.3. The van der Waals surface area contributed by atoms with Crippen molar-refractivity contribution in [2.75, 3.05) is 11.5 Å². The lowest BCUT2D eigenvalue weighted by molar-refractivity contribution is 0.429. The van der Waals surface area contributed by atoms with Crippen LogP contribution in [0.3, 0.4) is 0 Å². The molecule has 0 amide bonds. The van der Waals surface area contributed by atoms with Crippen molar-refractivity contribution >= 4 is 9.84 Å². The second-order valence-corrected chi connectivity index (χ2v) is 6.06. The van der Waals surface area contributed by atoms with Gasteiger partial charge in [0, 0.05) is 6.04 Å². The Balaban J connectivity index is 2.47. The van der Waals surface area contributed by atoms with Gasteiger partial charge in [0.25, 0.3) is 0 Å². The standard InChI is InChI=1S/C8H17NO2S/c1-7(9)5-8-3-2-4-12(10,11)6-8/h7-8H,2-6,9H2,1H3. The molecule has 12 heavy (non-hydrogen) atoms. The lowest BCUT2D eigenvalue weighted by Gasteiger charge is -2.22.